The minimum Gasteiger partial charge on any atom is -0.481 e. The molecule has 170 valence electrons. The van der Waals surface area contributed by atoms with Gasteiger partial charge in [0.25, 0.3) is 10.0 Å². The van der Waals surface area contributed by atoms with Crippen molar-refractivity contribution in [2.24, 2.45) is 0 Å². The van der Waals surface area contributed by atoms with Gasteiger partial charge in [0.1, 0.15) is 16.5 Å². The molecule has 0 spiro atoms. The van der Waals surface area contributed by atoms with E-state index in [9.17, 15) is 22.7 Å². The number of hydrogen-bond donors (Lipinski definition) is 2. The largest absolute Gasteiger partial charge is 0.481 e. The third kappa shape index (κ3) is 4.52. The Labute approximate surface area is 198 Å². The van der Waals surface area contributed by atoms with E-state index in [2.05, 4.69) is 10.3 Å². The molecule has 4 aromatic rings. The molecule has 0 unspecified atom stereocenters. The molecule has 0 aliphatic carbocycles. The lowest BCUT2D eigenvalue weighted by molar-refractivity contribution is -0.136. The van der Waals surface area contributed by atoms with E-state index < -0.39 is 28.2 Å². The van der Waals surface area contributed by atoms with Crippen LogP contribution in [0.25, 0.3) is 10.9 Å². The summed E-state index contributed by atoms with van der Waals surface area (Å²) in [5.74, 6) is -1.39. The monoisotopic (exact) mass is 507 g/mol. The Morgan fingerprint density at radius 2 is 1.82 bits per heavy atom. The summed E-state index contributed by atoms with van der Waals surface area (Å²) in [6.45, 7) is 1.49. The first-order valence-corrected chi connectivity index (χ1v) is 11.7. The molecule has 0 amide bonds. The van der Waals surface area contributed by atoms with Crippen molar-refractivity contribution >= 4 is 61.6 Å². The first kappa shape index (κ1) is 23.0. The molecule has 7 nitrogen and oxygen atoms in total. The van der Waals surface area contributed by atoms with E-state index in [0.29, 0.717) is 21.6 Å². The van der Waals surface area contributed by atoms with E-state index in [1.165, 1.54) is 31.3 Å². The van der Waals surface area contributed by atoms with Crippen LogP contribution in [0.1, 0.15) is 11.3 Å². The lowest BCUT2D eigenvalue weighted by Gasteiger charge is -2.11. The molecule has 0 atom stereocenters. The SMILES string of the molecule is Cc1c(CC(=O)O)c2cc(F)ccc2n1S(=O)(=O)c1ccc(Nc2cc(Cl)cc(Cl)c2)nc1. The predicted molar refractivity (Wildman–Crippen MR) is 125 cm³/mol. The standard InChI is InChI=1S/C22H16Cl2FN3O4S/c1-12-18(10-22(29)30)19-9-15(25)2-4-20(19)28(12)33(31,32)17-3-5-21(26-11-17)27-16-7-13(23)6-14(24)8-16/h2-9,11H,10H2,1H3,(H,26,27)(H,29,30). The van der Waals surface area contributed by atoms with Crippen LogP contribution in [0.2, 0.25) is 10.0 Å². The minimum atomic E-state index is -4.16. The van der Waals surface area contributed by atoms with Crippen LogP contribution in [-0.4, -0.2) is 28.5 Å². The molecule has 0 saturated heterocycles. The van der Waals surface area contributed by atoms with Crippen LogP contribution in [0.15, 0.2) is 59.6 Å². The summed E-state index contributed by atoms with van der Waals surface area (Å²) >= 11 is 12.0. The van der Waals surface area contributed by atoms with Crippen LogP contribution in [0.3, 0.4) is 0 Å². The van der Waals surface area contributed by atoms with Crippen LogP contribution >= 0.6 is 23.2 Å². The Bertz CT molecular complexity index is 1480. The first-order valence-electron chi connectivity index (χ1n) is 9.52. The zero-order valence-corrected chi connectivity index (χ0v) is 19.3. The molecule has 0 radical (unpaired) electrons. The van der Waals surface area contributed by atoms with Crippen molar-refractivity contribution in [1.82, 2.24) is 8.96 Å². The average Bonchev–Trinajstić information content (AvgIpc) is 2.99. The maximum absolute atomic E-state index is 13.8. The number of carboxylic acids is 1. The second-order valence-corrected chi connectivity index (χ2v) is 9.89. The number of pyridine rings is 1. The summed E-state index contributed by atoms with van der Waals surface area (Å²) in [6.07, 6.45) is 0.729. The highest BCUT2D eigenvalue weighted by Crippen LogP contribution is 2.31. The summed E-state index contributed by atoms with van der Waals surface area (Å²) in [4.78, 5) is 15.4. The Hall–Kier alpha value is -3.14. The highest BCUT2D eigenvalue weighted by atomic mass is 35.5. The van der Waals surface area contributed by atoms with Gasteiger partial charge in [0.05, 0.1) is 11.9 Å². The zero-order valence-electron chi connectivity index (χ0n) is 17.0. The predicted octanol–water partition coefficient (Wildman–Crippen LogP) is 5.40. The Kier molecular flexibility index (Phi) is 6.04. The molecular weight excluding hydrogens is 492 g/mol. The highest BCUT2D eigenvalue weighted by molar-refractivity contribution is 7.90. The van der Waals surface area contributed by atoms with Gasteiger partial charge in [0.15, 0.2) is 0 Å². The van der Waals surface area contributed by atoms with Crippen LogP contribution in [0, 0.1) is 12.7 Å². The Morgan fingerprint density at radius 1 is 1.12 bits per heavy atom. The third-order valence-electron chi connectivity index (χ3n) is 4.98. The van der Waals surface area contributed by atoms with Crippen molar-refractivity contribution < 1.29 is 22.7 Å². The van der Waals surface area contributed by atoms with Gasteiger partial charge in [-0.15, -0.1) is 0 Å². The number of halogens is 3. The van der Waals surface area contributed by atoms with Crippen LogP contribution in [0.5, 0.6) is 0 Å². The van der Waals surface area contributed by atoms with Crippen LogP contribution < -0.4 is 5.32 Å². The fourth-order valence-corrected chi connectivity index (χ4v) is 5.65. The summed E-state index contributed by atoms with van der Waals surface area (Å²) in [5.41, 5.74) is 1.17. The van der Waals surface area contributed by atoms with E-state index in [1.807, 2.05) is 0 Å². The summed E-state index contributed by atoms with van der Waals surface area (Å²) in [6, 6.07) is 11.3. The van der Waals surface area contributed by atoms with Crippen molar-refractivity contribution in [3.05, 3.63) is 81.8 Å². The van der Waals surface area contributed by atoms with Crippen LogP contribution in [-0.2, 0) is 21.2 Å². The van der Waals surface area contributed by atoms with Gasteiger partial charge in [-0.2, -0.15) is 0 Å². The summed E-state index contributed by atoms with van der Waals surface area (Å²) < 4.78 is 41.7. The molecule has 2 N–H and O–H groups in total. The number of aromatic nitrogens is 2. The molecule has 2 aromatic carbocycles. The molecule has 4 rings (SSSR count). The molecule has 0 bridgehead atoms. The molecular formula is C22H16Cl2FN3O4S. The first-order chi connectivity index (χ1) is 15.6. The van der Waals surface area contributed by atoms with Gasteiger partial charge >= 0.3 is 5.97 Å². The minimum absolute atomic E-state index is 0.122. The number of carbonyl (C=O) groups is 1. The summed E-state index contributed by atoms with van der Waals surface area (Å²) in [7, 11) is -4.16. The maximum atomic E-state index is 13.8. The van der Waals surface area contributed by atoms with Crippen molar-refractivity contribution in [2.45, 2.75) is 18.2 Å². The van der Waals surface area contributed by atoms with Gasteiger partial charge in [-0.25, -0.2) is 21.8 Å². The van der Waals surface area contributed by atoms with Gasteiger partial charge in [-0.3, -0.25) is 4.79 Å². The third-order valence-corrected chi connectivity index (χ3v) is 7.21. The van der Waals surface area contributed by atoms with Crippen molar-refractivity contribution in [3.8, 4) is 0 Å². The van der Waals surface area contributed by atoms with E-state index in [4.69, 9.17) is 23.2 Å². The van der Waals surface area contributed by atoms with Crippen LogP contribution in [0.4, 0.5) is 15.9 Å². The molecule has 0 saturated carbocycles. The number of fused-ring (bicyclic) bond motifs is 1. The average molecular weight is 508 g/mol. The van der Waals surface area contributed by atoms with Gasteiger partial charge in [0, 0.05) is 33.0 Å². The molecule has 0 aliphatic rings. The lowest BCUT2D eigenvalue weighted by Crippen LogP contribution is -2.15. The number of nitrogens with one attached hydrogen (secondary N) is 1. The molecule has 2 aromatic heterocycles. The quantitative estimate of drug-likeness (QED) is 0.362. The van der Waals surface area contributed by atoms with Gasteiger partial charge < -0.3 is 10.4 Å². The van der Waals surface area contributed by atoms with Crippen molar-refractivity contribution in [1.29, 1.82) is 0 Å². The number of rotatable bonds is 6. The second-order valence-electron chi connectivity index (χ2n) is 7.23. The van der Waals surface area contributed by atoms with E-state index in [0.717, 1.165) is 16.1 Å². The number of hydrogen-bond acceptors (Lipinski definition) is 5. The molecule has 2 heterocycles. The van der Waals surface area contributed by atoms with E-state index in [1.54, 1.807) is 18.2 Å². The Balaban J connectivity index is 1.75. The topological polar surface area (TPSA) is 101 Å². The molecule has 33 heavy (non-hydrogen) atoms. The number of anilines is 2. The smallest absolute Gasteiger partial charge is 0.307 e. The van der Waals surface area contributed by atoms with E-state index in [-0.39, 0.29) is 27.1 Å². The highest BCUT2D eigenvalue weighted by Gasteiger charge is 2.26. The Morgan fingerprint density at radius 3 is 2.42 bits per heavy atom. The van der Waals surface area contributed by atoms with Crippen molar-refractivity contribution in [3.63, 3.8) is 0 Å². The fourth-order valence-electron chi connectivity index (χ4n) is 3.60. The number of nitrogens with zero attached hydrogens (tertiary/aromatic N) is 2. The second kappa shape index (κ2) is 8.66. The van der Waals surface area contributed by atoms with Crippen molar-refractivity contribution in [2.75, 3.05) is 5.32 Å². The molecule has 0 aliphatic heterocycles. The van der Waals surface area contributed by atoms with Gasteiger partial charge in [-0.05, 0) is 61.0 Å². The van der Waals surface area contributed by atoms with Gasteiger partial charge in [-0.1, -0.05) is 23.2 Å². The number of carboxylic acid groups (broad SMARTS) is 1. The zero-order chi connectivity index (χ0) is 23.9. The number of benzene rings is 2. The molecule has 11 heteroatoms. The summed E-state index contributed by atoms with van der Waals surface area (Å²) in [5, 5.41) is 13.3. The van der Waals surface area contributed by atoms with Gasteiger partial charge in [0.2, 0.25) is 0 Å². The fraction of sp³-hybridized carbons (Fsp3) is 0.0909. The molecule has 0 fully saturated rings. The maximum Gasteiger partial charge on any atom is 0.307 e. The lowest BCUT2D eigenvalue weighted by atomic mass is 10.1. The number of aliphatic carboxylic acids is 1. The van der Waals surface area contributed by atoms with E-state index >= 15 is 0 Å². The normalized spacial score (nSPS) is 11.6.